The third kappa shape index (κ3) is 4.40. The highest BCUT2D eigenvalue weighted by atomic mass is 16.3. The highest BCUT2D eigenvalue weighted by Gasteiger charge is 2.30. The molecule has 1 aromatic heterocycles. The van der Waals surface area contributed by atoms with E-state index in [0.29, 0.717) is 31.7 Å². The number of rotatable bonds is 5. The summed E-state index contributed by atoms with van der Waals surface area (Å²) in [6.07, 6.45) is 2.90. The summed E-state index contributed by atoms with van der Waals surface area (Å²) in [4.78, 5) is 28.2. The quantitative estimate of drug-likeness (QED) is 0.466. The monoisotopic (exact) mass is 438 g/mol. The predicted octanol–water partition coefficient (Wildman–Crippen LogP) is 5.19. The van der Waals surface area contributed by atoms with E-state index in [4.69, 9.17) is 4.42 Å². The molecular formula is C28H26N2O3. The van der Waals surface area contributed by atoms with Gasteiger partial charge in [-0.2, -0.15) is 0 Å². The number of carbonyl (C=O) groups excluding carboxylic acids is 2. The molecule has 1 N–H and O–H groups in total. The Hall–Kier alpha value is -3.86. The van der Waals surface area contributed by atoms with Gasteiger partial charge in [0.05, 0.1) is 6.26 Å². The van der Waals surface area contributed by atoms with Crippen LogP contribution in [0.4, 0.5) is 0 Å². The largest absolute Gasteiger partial charge is 0.467 e. The molecule has 1 aliphatic rings. The Balaban J connectivity index is 1.26. The lowest BCUT2D eigenvalue weighted by Crippen LogP contribution is -2.43. The highest BCUT2D eigenvalue weighted by Crippen LogP contribution is 2.26. The third-order valence-electron chi connectivity index (χ3n) is 6.42. The lowest BCUT2D eigenvalue weighted by atomic mass is 9.93. The van der Waals surface area contributed by atoms with Gasteiger partial charge in [0.2, 0.25) is 5.91 Å². The van der Waals surface area contributed by atoms with Crippen LogP contribution < -0.4 is 5.32 Å². The van der Waals surface area contributed by atoms with E-state index < -0.39 is 0 Å². The van der Waals surface area contributed by atoms with Gasteiger partial charge in [0, 0.05) is 24.6 Å². The van der Waals surface area contributed by atoms with E-state index in [0.717, 1.165) is 21.9 Å². The zero-order chi connectivity index (χ0) is 22.6. The molecule has 2 heterocycles. The van der Waals surface area contributed by atoms with Crippen LogP contribution >= 0.6 is 0 Å². The third-order valence-corrected chi connectivity index (χ3v) is 6.42. The van der Waals surface area contributed by atoms with Crippen molar-refractivity contribution in [3.63, 3.8) is 0 Å². The maximum Gasteiger partial charge on any atom is 0.254 e. The van der Waals surface area contributed by atoms with Crippen molar-refractivity contribution in [3.8, 4) is 0 Å². The lowest BCUT2D eigenvalue weighted by molar-refractivity contribution is -0.126. The molecule has 0 aliphatic carbocycles. The number of hydrogen-bond acceptors (Lipinski definition) is 3. The first-order valence-corrected chi connectivity index (χ1v) is 11.4. The summed E-state index contributed by atoms with van der Waals surface area (Å²) in [5.74, 6) is 0.599. The van der Waals surface area contributed by atoms with E-state index in [2.05, 4.69) is 5.32 Å². The Kier molecular flexibility index (Phi) is 5.94. The summed E-state index contributed by atoms with van der Waals surface area (Å²) >= 11 is 0. The van der Waals surface area contributed by atoms with E-state index >= 15 is 0 Å². The minimum absolute atomic E-state index is 0.00230. The Morgan fingerprint density at radius 3 is 2.33 bits per heavy atom. The highest BCUT2D eigenvalue weighted by molar-refractivity contribution is 6.07. The normalized spacial score (nSPS) is 15.3. The van der Waals surface area contributed by atoms with Crippen LogP contribution in [0.3, 0.4) is 0 Å². The fraction of sp³-hybridized carbons (Fsp3) is 0.214. The molecule has 2 amide bonds. The number of carbonyl (C=O) groups is 2. The summed E-state index contributed by atoms with van der Waals surface area (Å²) in [5, 5.41) is 5.19. The zero-order valence-corrected chi connectivity index (χ0v) is 18.3. The van der Waals surface area contributed by atoms with Crippen molar-refractivity contribution in [3.05, 3.63) is 108 Å². The first-order chi connectivity index (χ1) is 16.2. The van der Waals surface area contributed by atoms with Gasteiger partial charge in [-0.1, -0.05) is 66.7 Å². The standard InChI is InChI=1S/C28H26N2O3/c31-27(29-26(25-14-7-19-33-25)21-9-2-1-3-10-21)22-15-17-30(18-16-22)28(32)24-13-6-11-20-8-4-5-12-23(20)24/h1-14,19,22,26H,15-18H2,(H,29,31)/t26-/m1/s1. The second kappa shape index (κ2) is 9.33. The van der Waals surface area contributed by atoms with Crippen molar-refractivity contribution in [2.24, 2.45) is 5.92 Å². The van der Waals surface area contributed by atoms with E-state index in [1.807, 2.05) is 89.8 Å². The van der Waals surface area contributed by atoms with Crippen molar-refractivity contribution >= 4 is 22.6 Å². The summed E-state index contributed by atoms with van der Waals surface area (Å²) in [7, 11) is 0. The van der Waals surface area contributed by atoms with Crippen LogP contribution in [0.15, 0.2) is 95.6 Å². The van der Waals surface area contributed by atoms with Crippen molar-refractivity contribution in [1.82, 2.24) is 10.2 Å². The molecule has 4 aromatic rings. The number of hydrogen-bond donors (Lipinski definition) is 1. The predicted molar refractivity (Wildman–Crippen MR) is 128 cm³/mol. The van der Waals surface area contributed by atoms with Crippen LogP contribution in [-0.2, 0) is 4.79 Å². The van der Waals surface area contributed by atoms with Crippen LogP contribution in [0, 0.1) is 5.92 Å². The molecule has 1 saturated heterocycles. The van der Waals surface area contributed by atoms with Gasteiger partial charge in [-0.05, 0) is 47.4 Å². The van der Waals surface area contributed by atoms with E-state index in [1.165, 1.54) is 0 Å². The molecule has 0 radical (unpaired) electrons. The molecule has 1 aliphatic heterocycles. The van der Waals surface area contributed by atoms with Gasteiger partial charge in [-0.15, -0.1) is 0 Å². The molecule has 5 rings (SSSR count). The summed E-state index contributed by atoms with van der Waals surface area (Å²) in [6, 6.07) is 27.0. The van der Waals surface area contributed by atoms with Gasteiger partial charge in [0.25, 0.3) is 5.91 Å². The molecule has 0 saturated carbocycles. The first kappa shape index (κ1) is 21.0. The number of nitrogens with zero attached hydrogens (tertiary/aromatic N) is 1. The van der Waals surface area contributed by atoms with Gasteiger partial charge in [-0.25, -0.2) is 0 Å². The molecule has 5 heteroatoms. The molecule has 1 fully saturated rings. The number of likely N-dealkylation sites (tertiary alicyclic amines) is 1. The Labute approximate surface area is 193 Å². The second-order valence-electron chi connectivity index (χ2n) is 8.46. The Morgan fingerprint density at radius 2 is 1.58 bits per heavy atom. The fourth-order valence-electron chi connectivity index (χ4n) is 4.61. The number of amides is 2. The first-order valence-electron chi connectivity index (χ1n) is 11.4. The van der Waals surface area contributed by atoms with Gasteiger partial charge >= 0.3 is 0 Å². The molecular weight excluding hydrogens is 412 g/mol. The second-order valence-corrected chi connectivity index (χ2v) is 8.46. The van der Waals surface area contributed by atoms with E-state index in [9.17, 15) is 9.59 Å². The smallest absolute Gasteiger partial charge is 0.254 e. The maximum absolute atomic E-state index is 13.2. The molecule has 0 spiro atoms. The number of furan rings is 1. The van der Waals surface area contributed by atoms with Crippen molar-refractivity contribution in [1.29, 1.82) is 0 Å². The minimum atomic E-state index is -0.330. The molecule has 0 unspecified atom stereocenters. The van der Waals surface area contributed by atoms with Crippen molar-refractivity contribution in [2.45, 2.75) is 18.9 Å². The van der Waals surface area contributed by atoms with Gasteiger partial charge < -0.3 is 14.6 Å². The Morgan fingerprint density at radius 1 is 0.848 bits per heavy atom. The molecule has 0 bridgehead atoms. The van der Waals surface area contributed by atoms with E-state index in [1.54, 1.807) is 6.26 Å². The molecule has 3 aromatic carbocycles. The molecule has 5 nitrogen and oxygen atoms in total. The lowest BCUT2D eigenvalue weighted by Gasteiger charge is -2.32. The molecule has 33 heavy (non-hydrogen) atoms. The Bertz CT molecular complexity index is 1240. The number of piperidine rings is 1. The summed E-state index contributed by atoms with van der Waals surface area (Å²) in [5.41, 5.74) is 1.70. The van der Waals surface area contributed by atoms with Crippen molar-refractivity contribution < 1.29 is 14.0 Å². The number of nitrogens with one attached hydrogen (secondary N) is 1. The topological polar surface area (TPSA) is 62.6 Å². The van der Waals surface area contributed by atoms with Gasteiger partial charge in [0.15, 0.2) is 0 Å². The minimum Gasteiger partial charge on any atom is -0.467 e. The van der Waals surface area contributed by atoms with Crippen LogP contribution in [0.1, 0.15) is 40.6 Å². The van der Waals surface area contributed by atoms with Crippen molar-refractivity contribution in [2.75, 3.05) is 13.1 Å². The molecule has 166 valence electrons. The SMILES string of the molecule is O=C(N[C@H](c1ccccc1)c1ccco1)C1CCN(C(=O)c2cccc3ccccc23)CC1. The van der Waals surface area contributed by atoms with Crippen LogP contribution in [-0.4, -0.2) is 29.8 Å². The molecule has 1 atom stereocenters. The van der Waals surface area contributed by atoms with E-state index in [-0.39, 0.29) is 23.8 Å². The average molecular weight is 439 g/mol. The maximum atomic E-state index is 13.2. The number of fused-ring (bicyclic) bond motifs is 1. The van der Waals surface area contributed by atoms with Crippen LogP contribution in [0.2, 0.25) is 0 Å². The summed E-state index contributed by atoms with van der Waals surface area (Å²) < 4.78 is 5.60. The zero-order valence-electron chi connectivity index (χ0n) is 18.3. The fourth-order valence-corrected chi connectivity index (χ4v) is 4.61. The summed E-state index contributed by atoms with van der Waals surface area (Å²) in [6.45, 7) is 1.13. The average Bonchev–Trinajstić information content (AvgIpc) is 3.42. The van der Waals surface area contributed by atoms with Gasteiger partial charge in [0.1, 0.15) is 11.8 Å². The van der Waals surface area contributed by atoms with Gasteiger partial charge in [-0.3, -0.25) is 9.59 Å². The van der Waals surface area contributed by atoms with Crippen LogP contribution in [0.25, 0.3) is 10.8 Å². The number of benzene rings is 3. The van der Waals surface area contributed by atoms with Crippen LogP contribution in [0.5, 0.6) is 0 Å².